The minimum atomic E-state index is 0.462. The van der Waals surface area contributed by atoms with Gasteiger partial charge in [0.05, 0.1) is 6.10 Å². The summed E-state index contributed by atoms with van der Waals surface area (Å²) in [6, 6.07) is 4.71. The summed E-state index contributed by atoms with van der Waals surface area (Å²) in [5.41, 5.74) is 1.36. The van der Waals surface area contributed by atoms with Crippen molar-refractivity contribution in [3.63, 3.8) is 0 Å². The minimum absolute atomic E-state index is 0.462. The van der Waals surface area contributed by atoms with Gasteiger partial charge in [0.1, 0.15) is 0 Å². The van der Waals surface area contributed by atoms with E-state index in [1.807, 2.05) is 12.4 Å². The van der Waals surface area contributed by atoms with Crippen molar-refractivity contribution in [3.05, 3.63) is 30.1 Å². The van der Waals surface area contributed by atoms with Gasteiger partial charge in [-0.15, -0.1) is 0 Å². The first-order valence-electron chi connectivity index (χ1n) is 7.65. The zero-order valence-electron chi connectivity index (χ0n) is 12.0. The lowest BCUT2D eigenvalue weighted by Crippen LogP contribution is -2.22. The van der Waals surface area contributed by atoms with Crippen molar-refractivity contribution in [2.24, 2.45) is 0 Å². The van der Waals surface area contributed by atoms with Gasteiger partial charge in [0.25, 0.3) is 0 Å². The van der Waals surface area contributed by atoms with Gasteiger partial charge >= 0.3 is 0 Å². The Labute approximate surface area is 116 Å². The number of aromatic nitrogens is 1. The van der Waals surface area contributed by atoms with E-state index in [9.17, 15) is 0 Å². The topological polar surface area (TPSA) is 34.1 Å². The zero-order valence-corrected chi connectivity index (χ0v) is 12.0. The third kappa shape index (κ3) is 4.92. The van der Waals surface area contributed by atoms with Gasteiger partial charge in [-0.05, 0) is 62.8 Å². The van der Waals surface area contributed by atoms with E-state index in [2.05, 4.69) is 29.4 Å². The van der Waals surface area contributed by atoms with Crippen molar-refractivity contribution in [2.45, 2.75) is 57.6 Å². The normalized spacial score (nSPS) is 20.6. The zero-order chi connectivity index (χ0) is 13.3. The van der Waals surface area contributed by atoms with E-state index in [1.54, 1.807) is 0 Å². The van der Waals surface area contributed by atoms with E-state index in [4.69, 9.17) is 4.74 Å². The summed E-state index contributed by atoms with van der Waals surface area (Å²) in [6.07, 6.45) is 11.6. The second-order valence-corrected chi connectivity index (χ2v) is 5.35. The molecular formula is C16H26N2O. The number of nitrogens with zero attached hydrogens (tertiary/aromatic N) is 1. The van der Waals surface area contributed by atoms with Crippen LogP contribution in [-0.2, 0) is 4.74 Å². The first-order chi connectivity index (χ1) is 9.40. The highest BCUT2D eigenvalue weighted by Gasteiger charge is 2.16. The molecule has 0 aliphatic carbocycles. The lowest BCUT2D eigenvalue weighted by molar-refractivity contribution is 0.101. The van der Waals surface area contributed by atoms with Crippen LogP contribution in [0.4, 0.5) is 0 Å². The third-order valence-electron chi connectivity index (χ3n) is 3.79. The average Bonchev–Trinajstić information content (AvgIpc) is 2.97. The third-order valence-corrected chi connectivity index (χ3v) is 3.79. The van der Waals surface area contributed by atoms with E-state index in [0.717, 1.165) is 13.2 Å². The van der Waals surface area contributed by atoms with Crippen molar-refractivity contribution in [2.75, 3.05) is 13.2 Å². The number of nitrogens with one attached hydrogen (secondary N) is 1. The number of ether oxygens (including phenoxy) is 1. The van der Waals surface area contributed by atoms with Gasteiger partial charge in [0.15, 0.2) is 0 Å². The largest absolute Gasteiger partial charge is 0.378 e. The second kappa shape index (κ2) is 8.28. The predicted molar refractivity (Wildman–Crippen MR) is 78.1 cm³/mol. The lowest BCUT2D eigenvalue weighted by atomic mass is 10.00. The van der Waals surface area contributed by atoms with Crippen LogP contribution in [0.5, 0.6) is 0 Å². The fraction of sp³-hybridized carbons (Fsp3) is 0.688. The predicted octanol–water partition coefficient (Wildman–Crippen LogP) is 3.47. The van der Waals surface area contributed by atoms with Crippen molar-refractivity contribution < 1.29 is 4.74 Å². The maximum atomic E-state index is 5.69. The SMILES string of the molecule is CCCNC(CCCC1CCCO1)c1ccncc1. The van der Waals surface area contributed by atoms with Gasteiger partial charge < -0.3 is 10.1 Å². The van der Waals surface area contributed by atoms with Crippen LogP contribution in [0.2, 0.25) is 0 Å². The maximum absolute atomic E-state index is 5.69. The molecule has 1 aromatic heterocycles. The van der Waals surface area contributed by atoms with Crippen LogP contribution in [0.3, 0.4) is 0 Å². The Morgan fingerprint density at radius 1 is 1.42 bits per heavy atom. The fourth-order valence-corrected chi connectivity index (χ4v) is 2.72. The molecule has 3 heteroatoms. The molecule has 0 bridgehead atoms. The molecule has 1 saturated heterocycles. The van der Waals surface area contributed by atoms with E-state index in [1.165, 1.54) is 44.1 Å². The molecular weight excluding hydrogens is 236 g/mol. The molecule has 1 aromatic rings. The summed E-state index contributed by atoms with van der Waals surface area (Å²) in [7, 11) is 0. The van der Waals surface area contributed by atoms with Crippen LogP contribution < -0.4 is 5.32 Å². The standard InChI is InChI=1S/C16H26N2O/c1-2-10-18-16(14-8-11-17-12-9-14)7-3-5-15-6-4-13-19-15/h8-9,11-12,15-16,18H,2-7,10,13H2,1H3. The van der Waals surface area contributed by atoms with Crippen molar-refractivity contribution in [1.29, 1.82) is 0 Å². The van der Waals surface area contributed by atoms with Crippen LogP contribution in [0.15, 0.2) is 24.5 Å². The van der Waals surface area contributed by atoms with E-state index < -0.39 is 0 Å². The molecule has 19 heavy (non-hydrogen) atoms. The van der Waals surface area contributed by atoms with Gasteiger partial charge in [-0.25, -0.2) is 0 Å². The summed E-state index contributed by atoms with van der Waals surface area (Å²) < 4.78 is 5.69. The minimum Gasteiger partial charge on any atom is -0.378 e. The van der Waals surface area contributed by atoms with E-state index in [-0.39, 0.29) is 0 Å². The van der Waals surface area contributed by atoms with Crippen LogP contribution >= 0.6 is 0 Å². The van der Waals surface area contributed by atoms with Crippen molar-refractivity contribution in [3.8, 4) is 0 Å². The molecule has 3 nitrogen and oxygen atoms in total. The Morgan fingerprint density at radius 3 is 2.95 bits per heavy atom. The van der Waals surface area contributed by atoms with Crippen LogP contribution in [0.25, 0.3) is 0 Å². The number of hydrogen-bond donors (Lipinski definition) is 1. The van der Waals surface area contributed by atoms with Gasteiger partial charge in [0, 0.05) is 25.0 Å². The van der Waals surface area contributed by atoms with Gasteiger partial charge in [-0.1, -0.05) is 6.92 Å². The summed E-state index contributed by atoms with van der Waals surface area (Å²) >= 11 is 0. The van der Waals surface area contributed by atoms with Gasteiger partial charge in [-0.2, -0.15) is 0 Å². The molecule has 2 heterocycles. The molecule has 2 unspecified atom stereocenters. The Balaban J connectivity index is 1.79. The van der Waals surface area contributed by atoms with Crippen LogP contribution in [0.1, 0.15) is 57.1 Å². The molecule has 1 aliphatic heterocycles. The molecule has 106 valence electrons. The molecule has 2 atom stereocenters. The number of rotatable bonds is 8. The number of pyridine rings is 1. The summed E-state index contributed by atoms with van der Waals surface area (Å²) in [4.78, 5) is 4.10. The molecule has 1 aliphatic rings. The second-order valence-electron chi connectivity index (χ2n) is 5.35. The highest BCUT2D eigenvalue weighted by Crippen LogP contribution is 2.23. The number of hydrogen-bond acceptors (Lipinski definition) is 3. The molecule has 1 fully saturated rings. The summed E-state index contributed by atoms with van der Waals surface area (Å²) in [5, 5.41) is 3.64. The Kier molecular flexibility index (Phi) is 6.31. The van der Waals surface area contributed by atoms with E-state index >= 15 is 0 Å². The van der Waals surface area contributed by atoms with Crippen LogP contribution in [0, 0.1) is 0 Å². The molecule has 0 amide bonds. The molecule has 0 aromatic carbocycles. The lowest BCUT2D eigenvalue weighted by Gasteiger charge is -2.19. The first kappa shape index (κ1) is 14.5. The average molecular weight is 262 g/mol. The molecule has 0 radical (unpaired) electrons. The first-order valence-corrected chi connectivity index (χ1v) is 7.65. The maximum Gasteiger partial charge on any atom is 0.0576 e. The van der Waals surface area contributed by atoms with E-state index in [0.29, 0.717) is 12.1 Å². The summed E-state index contributed by atoms with van der Waals surface area (Å²) in [5.74, 6) is 0. The Bertz CT molecular complexity index is 336. The molecule has 0 spiro atoms. The fourth-order valence-electron chi connectivity index (χ4n) is 2.72. The molecule has 0 saturated carbocycles. The highest BCUT2D eigenvalue weighted by molar-refractivity contribution is 5.14. The van der Waals surface area contributed by atoms with Crippen molar-refractivity contribution >= 4 is 0 Å². The highest BCUT2D eigenvalue weighted by atomic mass is 16.5. The van der Waals surface area contributed by atoms with Gasteiger partial charge in [0.2, 0.25) is 0 Å². The monoisotopic (exact) mass is 262 g/mol. The molecule has 1 N–H and O–H groups in total. The smallest absolute Gasteiger partial charge is 0.0576 e. The van der Waals surface area contributed by atoms with Gasteiger partial charge in [-0.3, -0.25) is 4.98 Å². The Morgan fingerprint density at radius 2 is 2.26 bits per heavy atom. The summed E-state index contributed by atoms with van der Waals surface area (Å²) in [6.45, 7) is 4.25. The van der Waals surface area contributed by atoms with Crippen molar-refractivity contribution in [1.82, 2.24) is 10.3 Å². The quantitative estimate of drug-likeness (QED) is 0.779. The Hall–Kier alpha value is -0.930. The van der Waals surface area contributed by atoms with Crippen LogP contribution in [-0.4, -0.2) is 24.2 Å². The molecule has 2 rings (SSSR count).